The molecule has 6 nitrogen and oxygen atoms in total. The minimum absolute atomic E-state index is 0.316. The number of ether oxygens (including phenoxy) is 1. The van der Waals surface area contributed by atoms with Crippen LogP contribution in [-0.2, 0) is 0 Å². The minimum Gasteiger partial charge on any atom is -0.466 e. The van der Waals surface area contributed by atoms with Gasteiger partial charge in [0.25, 0.3) is 5.89 Å². The normalized spacial score (nSPS) is 10.3. The molecule has 0 N–H and O–H groups in total. The minimum atomic E-state index is 0.316. The number of nitrogens with zero attached hydrogens (tertiary/aromatic N) is 4. The van der Waals surface area contributed by atoms with Crippen LogP contribution in [0.3, 0.4) is 0 Å². The second-order valence-corrected chi connectivity index (χ2v) is 2.96. The maximum absolute atomic E-state index is 5.16. The van der Waals surface area contributed by atoms with Crippen LogP contribution in [0.5, 0.6) is 6.01 Å². The molecule has 0 atom stereocenters. The van der Waals surface area contributed by atoms with Gasteiger partial charge in [0.1, 0.15) is 0 Å². The zero-order valence-corrected chi connectivity index (χ0v) is 7.83. The Morgan fingerprint density at radius 1 is 1.38 bits per heavy atom. The summed E-state index contributed by atoms with van der Waals surface area (Å²) in [5, 5.41) is 8.05. The van der Waals surface area contributed by atoms with Crippen LogP contribution in [0.4, 0.5) is 0 Å². The van der Waals surface area contributed by atoms with E-state index in [9.17, 15) is 0 Å². The van der Waals surface area contributed by atoms with Gasteiger partial charge in [0, 0.05) is 6.92 Å². The van der Waals surface area contributed by atoms with E-state index in [4.69, 9.17) is 9.15 Å². The Bertz CT molecular complexity index is 410. The first kappa shape index (κ1) is 8.11. The van der Waals surface area contributed by atoms with E-state index in [0.717, 1.165) is 11.5 Å². The van der Waals surface area contributed by atoms with E-state index < -0.39 is 0 Å². The first-order chi connectivity index (χ1) is 6.29. The van der Waals surface area contributed by atoms with Gasteiger partial charge in [0.15, 0.2) is 0 Å². The van der Waals surface area contributed by atoms with E-state index in [0.29, 0.717) is 22.8 Å². The largest absolute Gasteiger partial charge is 0.466 e. The molecule has 68 valence electrons. The van der Waals surface area contributed by atoms with Crippen molar-refractivity contribution in [1.29, 1.82) is 0 Å². The summed E-state index contributed by atoms with van der Waals surface area (Å²) in [5.74, 6) is 0.877. The molecule has 0 radical (unpaired) electrons. The third-order valence-electron chi connectivity index (χ3n) is 1.30. The fourth-order valence-electron chi connectivity index (χ4n) is 0.763. The molecule has 7 heteroatoms. The first-order valence-corrected chi connectivity index (χ1v) is 4.25. The second kappa shape index (κ2) is 3.09. The number of rotatable bonds is 2. The topological polar surface area (TPSA) is 73.9 Å². The summed E-state index contributed by atoms with van der Waals surface area (Å²) >= 11 is 1.16. The zero-order chi connectivity index (χ0) is 9.26. The highest BCUT2D eigenvalue weighted by Gasteiger charge is 2.12. The molecule has 0 spiro atoms. The van der Waals surface area contributed by atoms with Crippen LogP contribution in [0.1, 0.15) is 5.89 Å². The number of aromatic nitrogens is 4. The van der Waals surface area contributed by atoms with Crippen molar-refractivity contribution in [2.45, 2.75) is 6.92 Å². The Morgan fingerprint density at radius 2 is 2.23 bits per heavy atom. The van der Waals surface area contributed by atoms with Crippen LogP contribution in [0.25, 0.3) is 10.9 Å². The maximum atomic E-state index is 5.16. The van der Waals surface area contributed by atoms with Gasteiger partial charge in [0.2, 0.25) is 10.9 Å². The van der Waals surface area contributed by atoms with Gasteiger partial charge in [-0.25, -0.2) is 0 Å². The lowest BCUT2D eigenvalue weighted by atomic mass is 10.7. The first-order valence-electron chi connectivity index (χ1n) is 3.48. The SMILES string of the molecule is COc1nsc(-c2nnc(C)o2)n1. The molecular formula is C6H6N4O2S. The molecule has 0 saturated heterocycles. The Hall–Kier alpha value is -1.50. The van der Waals surface area contributed by atoms with Gasteiger partial charge in [-0.05, 0) is 11.5 Å². The summed E-state index contributed by atoms with van der Waals surface area (Å²) in [6, 6.07) is 0.316. The van der Waals surface area contributed by atoms with E-state index in [2.05, 4.69) is 19.6 Å². The fraction of sp³-hybridized carbons (Fsp3) is 0.333. The Kier molecular flexibility index (Phi) is 1.93. The average Bonchev–Trinajstić information content (AvgIpc) is 2.71. The van der Waals surface area contributed by atoms with Crippen LogP contribution in [0, 0.1) is 6.92 Å². The Balaban J connectivity index is 2.35. The molecule has 0 aliphatic heterocycles. The predicted octanol–water partition coefficient (Wildman–Crippen LogP) is 0.905. The molecule has 2 rings (SSSR count). The van der Waals surface area contributed by atoms with Gasteiger partial charge in [-0.1, -0.05) is 0 Å². The van der Waals surface area contributed by atoms with Gasteiger partial charge in [-0.2, -0.15) is 4.98 Å². The standard InChI is InChI=1S/C6H6N4O2S/c1-3-8-9-4(12-3)5-7-6(11-2)10-13-5/h1-2H3. The van der Waals surface area contributed by atoms with Gasteiger partial charge in [-0.15, -0.1) is 14.6 Å². The lowest BCUT2D eigenvalue weighted by molar-refractivity contribution is 0.386. The Morgan fingerprint density at radius 3 is 2.77 bits per heavy atom. The van der Waals surface area contributed by atoms with E-state index in [1.54, 1.807) is 6.92 Å². The molecule has 0 saturated carbocycles. The summed E-state index contributed by atoms with van der Waals surface area (Å²) in [6.45, 7) is 1.72. The Labute approximate surface area is 77.8 Å². The summed E-state index contributed by atoms with van der Waals surface area (Å²) in [5.41, 5.74) is 0. The van der Waals surface area contributed by atoms with E-state index >= 15 is 0 Å². The number of hydrogen-bond acceptors (Lipinski definition) is 7. The summed E-state index contributed by atoms with van der Waals surface area (Å²) in [7, 11) is 1.50. The third kappa shape index (κ3) is 1.50. The number of aryl methyl sites for hydroxylation is 1. The van der Waals surface area contributed by atoms with Crippen molar-refractivity contribution in [3.8, 4) is 16.9 Å². The molecule has 13 heavy (non-hydrogen) atoms. The molecule has 0 aliphatic carbocycles. The summed E-state index contributed by atoms with van der Waals surface area (Å²) in [4.78, 5) is 4.00. The van der Waals surface area contributed by atoms with Crippen molar-refractivity contribution in [3.05, 3.63) is 5.89 Å². The van der Waals surface area contributed by atoms with Crippen LogP contribution in [0.2, 0.25) is 0 Å². The van der Waals surface area contributed by atoms with E-state index in [1.165, 1.54) is 7.11 Å². The van der Waals surface area contributed by atoms with Crippen LogP contribution in [0.15, 0.2) is 4.42 Å². The molecule has 0 aromatic carbocycles. The van der Waals surface area contributed by atoms with Crippen molar-refractivity contribution in [1.82, 2.24) is 19.6 Å². The summed E-state index contributed by atoms with van der Waals surface area (Å²) < 4.78 is 13.9. The highest BCUT2D eigenvalue weighted by Crippen LogP contribution is 2.21. The van der Waals surface area contributed by atoms with Crippen molar-refractivity contribution >= 4 is 11.5 Å². The molecule has 2 aromatic heterocycles. The molecule has 0 fully saturated rings. The zero-order valence-electron chi connectivity index (χ0n) is 7.01. The smallest absolute Gasteiger partial charge is 0.328 e. The van der Waals surface area contributed by atoms with Crippen LogP contribution < -0.4 is 4.74 Å². The van der Waals surface area contributed by atoms with Crippen molar-refractivity contribution in [2.24, 2.45) is 0 Å². The van der Waals surface area contributed by atoms with Gasteiger partial charge >= 0.3 is 6.01 Å². The number of methoxy groups -OCH3 is 1. The second-order valence-electron chi connectivity index (χ2n) is 2.21. The van der Waals surface area contributed by atoms with Crippen molar-refractivity contribution in [3.63, 3.8) is 0 Å². The lowest BCUT2D eigenvalue weighted by Crippen LogP contribution is -1.83. The fourth-order valence-corrected chi connectivity index (χ4v) is 1.32. The monoisotopic (exact) mass is 198 g/mol. The van der Waals surface area contributed by atoms with Crippen molar-refractivity contribution < 1.29 is 9.15 Å². The molecule has 2 aromatic rings. The highest BCUT2D eigenvalue weighted by atomic mass is 32.1. The third-order valence-corrected chi connectivity index (χ3v) is 1.99. The quantitative estimate of drug-likeness (QED) is 0.713. The van der Waals surface area contributed by atoms with Gasteiger partial charge in [0.05, 0.1) is 7.11 Å². The van der Waals surface area contributed by atoms with Crippen LogP contribution in [-0.4, -0.2) is 26.7 Å². The summed E-state index contributed by atoms with van der Waals surface area (Å²) in [6.07, 6.45) is 0. The van der Waals surface area contributed by atoms with Crippen LogP contribution >= 0.6 is 11.5 Å². The van der Waals surface area contributed by atoms with Gasteiger partial charge in [-0.3, -0.25) is 0 Å². The van der Waals surface area contributed by atoms with E-state index in [1.807, 2.05) is 0 Å². The molecule has 0 unspecified atom stereocenters. The average molecular weight is 198 g/mol. The maximum Gasteiger partial charge on any atom is 0.328 e. The molecule has 0 aliphatic rings. The molecule has 0 amide bonds. The van der Waals surface area contributed by atoms with Gasteiger partial charge < -0.3 is 9.15 Å². The molecule has 0 bridgehead atoms. The molecular weight excluding hydrogens is 192 g/mol. The molecule has 2 heterocycles. The van der Waals surface area contributed by atoms with E-state index in [-0.39, 0.29) is 0 Å². The lowest BCUT2D eigenvalue weighted by Gasteiger charge is -1.85. The number of hydrogen-bond donors (Lipinski definition) is 0. The predicted molar refractivity (Wildman–Crippen MR) is 44.5 cm³/mol. The van der Waals surface area contributed by atoms with Crippen molar-refractivity contribution in [2.75, 3.05) is 7.11 Å². The highest BCUT2D eigenvalue weighted by molar-refractivity contribution is 7.09.